The standard InChI is InChI=1S/C13H19N3O4/c1-5-9(6-10(17)18)14-12(19)11-7(2)8(3)15-16(4)13(11)20/h9H,5-6H2,1-4H3,(H,14,19)(H,17,18). The van der Waals surface area contributed by atoms with Gasteiger partial charge in [-0.3, -0.25) is 14.4 Å². The fourth-order valence-electron chi connectivity index (χ4n) is 1.88. The molecule has 1 aromatic heterocycles. The Hall–Kier alpha value is -2.18. The molecule has 20 heavy (non-hydrogen) atoms. The van der Waals surface area contributed by atoms with Gasteiger partial charge in [0, 0.05) is 13.1 Å². The predicted molar refractivity (Wildman–Crippen MR) is 72.8 cm³/mol. The zero-order valence-corrected chi connectivity index (χ0v) is 12.1. The first-order valence-corrected chi connectivity index (χ1v) is 6.35. The summed E-state index contributed by atoms with van der Waals surface area (Å²) in [5.41, 5.74) is 0.624. The maximum absolute atomic E-state index is 12.2. The first-order valence-electron chi connectivity index (χ1n) is 6.35. The highest BCUT2D eigenvalue weighted by Crippen LogP contribution is 2.07. The summed E-state index contributed by atoms with van der Waals surface area (Å²) >= 11 is 0. The third-order valence-electron chi connectivity index (χ3n) is 3.20. The van der Waals surface area contributed by atoms with Crippen molar-refractivity contribution in [3.8, 4) is 0 Å². The summed E-state index contributed by atoms with van der Waals surface area (Å²) in [6.45, 7) is 5.13. The minimum atomic E-state index is -0.993. The maximum Gasteiger partial charge on any atom is 0.305 e. The number of nitrogens with zero attached hydrogens (tertiary/aromatic N) is 2. The van der Waals surface area contributed by atoms with E-state index in [2.05, 4.69) is 10.4 Å². The van der Waals surface area contributed by atoms with Crippen LogP contribution in [0.5, 0.6) is 0 Å². The third kappa shape index (κ3) is 3.43. The highest BCUT2D eigenvalue weighted by atomic mass is 16.4. The van der Waals surface area contributed by atoms with E-state index in [1.165, 1.54) is 7.05 Å². The second kappa shape index (κ2) is 6.31. The fraction of sp³-hybridized carbons (Fsp3) is 0.538. The lowest BCUT2D eigenvalue weighted by atomic mass is 10.1. The molecule has 1 aromatic rings. The van der Waals surface area contributed by atoms with Gasteiger partial charge >= 0.3 is 5.97 Å². The second-order valence-electron chi connectivity index (χ2n) is 4.69. The van der Waals surface area contributed by atoms with Crippen molar-refractivity contribution >= 4 is 11.9 Å². The number of carboxylic acids is 1. The summed E-state index contributed by atoms with van der Waals surface area (Å²) in [4.78, 5) is 34.9. The van der Waals surface area contributed by atoms with E-state index in [4.69, 9.17) is 5.11 Å². The van der Waals surface area contributed by atoms with Crippen molar-refractivity contribution in [2.45, 2.75) is 39.7 Å². The molecule has 1 heterocycles. The molecule has 2 N–H and O–H groups in total. The van der Waals surface area contributed by atoms with Crippen LogP contribution in [0.25, 0.3) is 0 Å². The number of carbonyl (C=O) groups is 2. The largest absolute Gasteiger partial charge is 0.481 e. The Balaban J connectivity index is 3.10. The van der Waals surface area contributed by atoms with Gasteiger partial charge in [-0.05, 0) is 25.8 Å². The molecule has 1 rings (SSSR count). The molecule has 1 atom stereocenters. The van der Waals surface area contributed by atoms with Gasteiger partial charge in [0.15, 0.2) is 0 Å². The van der Waals surface area contributed by atoms with E-state index in [0.717, 1.165) is 4.68 Å². The van der Waals surface area contributed by atoms with Gasteiger partial charge < -0.3 is 10.4 Å². The molecule has 0 bridgehead atoms. The number of hydrogen-bond acceptors (Lipinski definition) is 4. The van der Waals surface area contributed by atoms with Crippen LogP contribution in [0.15, 0.2) is 4.79 Å². The molecular weight excluding hydrogens is 262 g/mol. The van der Waals surface area contributed by atoms with E-state index < -0.39 is 23.5 Å². The first-order chi connectivity index (χ1) is 9.27. The highest BCUT2D eigenvalue weighted by molar-refractivity contribution is 5.95. The average molecular weight is 281 g/mol. The van der Waals surface area contributed by atoms with Crippen molar-refractivity contribution < 1.29 is 14.7 Å². The molecule has 0 saturated heterocycles. The quantitative estimate of drug-likeness (QED) is 0.812. The molecule has 110 valence electrons. The molecule has 7 heteroatoms. The summed E-state index contributed by atoms with van der Waals surface area (Å²) in [6, 6.07) is -0.502. The van der Waals surface area contributed by atoms with Gasteiger partial charge in [0.1, 0.15) is 5.56 Å². The number of aliphatic carboxylic acids is 1. The molecule has 0 radical (unpaired) electrons. The fourth-order valence-corrected chi connectivity index (χ4v) is 1.88. The predicted octanol–water partition coefficient (Wildman–Crippen LogP) is 0.380. The summed E-state index contributed by atoms with van der Waals surface area (Å²) in [5.74, 6) is -1.55. The first kappa shape index (κ1) is 15.9. The molecule has 1 unspecified atom stereocenters. The van der Waals surface area contributed by atoms with Crippen LogP contribution in [0.3, 0.4) is 0 Å². The van der Waals surface area contributed by atoms with E-state index in [1.807, 2.05) is 0 Å². The Morgan fingerprint density at radius 2 is 2.00 bits per heavy atom. The van der Waals surface area contributed by atoms with Crippen molar-refractivity contribution in [3.05, 3.63) is 27.2 Å². The van der Waals surface area contributed by atoms with E-state index in [0.29, 0.717) is 17.7 Å². The zero-order chi connectivity index (χ0) is 15.4. The number of aryl methyl sites for hydroxylation is 2. The van der Waals surface area contributed by atoms with Crippen molar-refractivity contribution in [2.24, 2.45) is 7.05 Å². The van der Waals surface area contributed by atoms with Crippen LogP contribution in [0.4, 0.5) is 0 Å². The van der Waals surface area contributed by atoms with Crippen molar-refractivity contribution in [1.29, 1.82) is 0 Å². The Morgan fingerprint density at radius 3 is 2.50 bits per heavy atom. The molecule has 0 aromatic carbocycles. The Bertz CT molecular complexity index is 592. The molecule has 7 nitrogen and oxygen atoms in total. The van der Waals surface area contributed by atoms with Crippen molar-refractivity contribution in [3.63, 3.8) is 0 Å². The van der Waals surface area contributed by atoms with E-state index in [-0.39, 0.29) is 12.0 Å². The Morgan fingerprint density at radius 1 is 1.40 bits per heavy atom. The number of amides is 1. The second-order valence-corrected chi connectivity index (χ2v) is 4.69. The Labute approximate surface area is 116 Å². The summed E-state index contributed by atoms with van der Waals surface area (Å²) in [6.07, 6.45) is 0.299. The minimum absolute atomic E-state index is 0.0174. The molecule has 0 saturated carbocycles. The van der Waals surface area contributed by atoms with Gasteiger partial charge in [-0.15, -0.1) is 0 Å². The van der Waals surface area contributed by atoms with Crippen molar-refractivity contribution in [1.82, 2.24) is 15.1 Å². The third-order valence-corrected chi connectivity index (χ3v) is 3.20. The average Bonchev–Trinajstić information content (AvgIpc) is 2.35. The number of rotatable bonds is 5. The van der Waals surface area contributed by atoms with Gasteiger partial charge in [-0.2, -0.15) is 5.10 Å². The molecule has 1 amide bonds. The SMILES string of the molecule is CCC(CC(=O)O)NC(=O)c1c(C)c(C)nn(C)c1=O. The number of aromatic nitrogens is 2. The summed E-state index contributed by atoms with van der Waals surface area (Å²) in [7, 11) is 1.47. The monoisotopic (exact) mass is 281 g/mol. The van der Waals surface area contributed by atoms with Crippen LogP contribution in [0.1, 0.15) is 41.4 Å². The van der Waals surface area contributed by atoms with Crippen LogP contribution in [-0.2, 0) is 11.8 Å². The smallest absolute Gasteiger partial charge is 0.305 e. The van der Waals surface area contributed by atoms with Gasteiger partial charge in [0.25, 0.3) is 11.5 Å². The van der Waals surface area contributed by atoms with Crippen molar-refractivity contribution in [2.75, 3.05) is 0 Å². The maximum atomic E-state index is 12.2. The van der Waals surface area contributed by atoms with Crippen LogP contribution >= 0.6 is 0 Å². The van der Waals surface area contributed by atoms with E-state index >= 15 is 0 Å². The topological polar surface area (TPSA) is 101 Å². The highest BCUT2D eigenvalue weighted by Gasteiger charge is 2.21. The molecule has 0 fully saturated rings. The van der Waals surface area contributed by atoms with Gasteiger partial charge in [-0.1, -0.05) is 6.92 Å². The lowest BCUT2D eigenvalue weighted by Gasteiger charge is -2.16. The van der Waals surface area contributed by atoms with Crippen LogP contribution in [0, 0.1) is 13.8 Å². The number of carboxylic acid groups (broad SMARTS) is 1. The van der Waals surface area contributed by atoms with Gasteiger partial charge in [0.2, 0.25) is 0 Å². The molecule has 0 aliphatic rings. The molecule has 0 aliphatic carbocycles. The number of hydrogen-bond donors (Lipinski definition) is 2. The van der Waals surface area contributed by atoms with Crippen LogP contribution in [-0.4, -0.2) is 32.8 Å². The summed E-state index contributed by atoms with van der Waals surface area (Å²) in [5, 5.41) is 15.4. The molecular formula is C13H19N3O4. The molecule has 0 aliphatic heterocycles. The summed E-state index contributed by atoms with van der Waals surface area (Å²) < 4.78 is 1.11. The zero-order valence-electron chi connectivity index (χ0n) is 12.1. The van der Waals surface area contributed by atoms with E-state index in [1.54, 1.807) is 20.8 Å². The van der Waals surface area contributed by atoms with Gasteiger partial charge in [0.05, 0.1) is 12.1 Å². The van der Waals surface area contributed by atoms with E-state index in [9.17, 15) is 14.4 Å². The lowest BCUT2D eigenvalue weighted by molar-refractivity contribution is -0.137. The number of carbonyl (C=O) groups excluding carboxylic acids is 1. The van der Waals surface area contributed by atoms with Crippen LogP contribution < -0.4 is 10.9 Å². The minimum Gasteiger partial charge on any atom is -0.481 e. The Kier molecular flexibility index (Phi) is 5.01. The normalized spacial score (nSPS) is 12.0. The van der Waals surface area contributed by atoms with Gasteiger partial charge in [-0.25, -0.2) is 4.68 Å². The lowest BCUT2D eigenvalue weighted by Crippen LogP contribution is -2.40. The van der Waals surface area contributed by atoms with Crippen LogP contribution in [0.2, 0.25) is 0 Å². The molecule has 0 spiro atoms. The number of nitrogens with one attached hydrogen (secondary N) is 1.